The largest absolute Gasteiger partial charge is 0.378 e. The monoisotopic (exact) mass is 415 g/mol. The summed E-state index contributed by atoms with van der Waals surface area (Å²) >= 11 is 0. The van der Waals surface area contributed by atoms with Crippen LogP contribution in [-0.2, 0) is 16.1 Å². The molecule has 1 aromatic rings. The lowest BCUT2D eigenvalue weighted by Crippen LogP contribution is -2.51. The molecule has 2 aliphatic heterocycles. The van der Waals surface area contributed by atoms with Gasteiger partial charge in [0.15, 0.2) is 0 Å². The van der Waals surface area contributed by atoms with Crippen LogP contribution in [0.25, 0.3) is 0 Å². The van der Waals surface area contributed by atoms with Crippen molar-refractivity contribution in [3.05, 3.63) is 18.2 Å². The summed E-state index contributed by atoms with van der Waals surface area (Å²) in [7, 11) is 0. The smallest absolute Gasteiger partial charge is 0.319 e. The highest BCUT2D eigenvalue weighted by Crippen LogP contribution is 2.15. The van der Waals surface area contributed by atoms with Crippen LogP contribution in [0.15, 0.2) is 12.4 Å². The first-order valence-corrected chi connectivity index (χ1v) is 8.24. The number of amides is 1. The molecule has 26 heavy (non-hydrogen) atoms. The van der Waals surface area contributed by atoms with E-state index in [1.807, 2.05) is 9.80 Å². The summed E-state index contributed by atoms with van der Waals surface area (Å²) in [5.41, 5.74) is 0. The Morgan fingerprint density at radius 3 is 2.65 bits per heavy atom. The van der Waals surface area contributed by atoms with Crippen LogP contribution in [0.5, 0.6) is 0 Å². The van der Waals surface area contributed by atoms with Gasteiger partial charge in [-0.1, -0.05) is 0 Å². The maximum atomic E-state index is 12.8. The van der Waals surface area contributed by atoms with Crippen molar-refractivity contribution < 1.29 is 18.3 Å². The molecule has 2 fully saturated rings. The zero-order valence-corrected chi connectivity index (χ0v) is 16.0. The van der Waals surface area contributed by atoms with Crippen LogP contribution in [0.1, 0.15) is 18.8 Å². The summed E-state index contributed by atoms with van der Waals surface area (Å²) in [6, 6.07) is 0.0859. The van der Waals surface area contributed by atoms with Crippen LogP contribution in [-0.4, -0.2) is 77.2 Å². The minimum atomic E-state index is -2.57. The molecule has 0 saturated carbocycles. The van der Waals surface area contributed by atoms with Crippen molar-refractivity contribution >= 4 is 30.7 Å². The predicted molar refractivity (Wildman–Crippen MR) is 97.1 cm³/mol. The van der Waals surface area contributed by atoms with E-state index in [0.29, 0.717) is 58.2 Å². The second-order valence-electron chi connectivity index (χ2n) is 6.12. The standard InChI is InChI=1S/C15H23F2N5O2.2ClH/c16-15(17)22-3-1-19-13(22)10-20-4-6-21(7-5-20)14(23)9-12-11-24-8-2-18-12;;/h1,3,12,15,18H,2,4-11H2;2*1H. The molecule has 0 aromatic carbocycles. The molecule has 0 spiro atoms. The molecule has 1 atom stereocenters. The average molecular weight is 416 g/mol. The Hall–Kier alpha value is -1.00. The zero-order chi connectivity index (χ0) is 16.9. The quantitative estimate of drug-likeness (QED) is 0.781. The van der Waals surface area contributed by atoms with E-state index in [1.54, 1.807) is 0 Å². The lowest BCUT2D eigenvalue weighted by molar-refractivity contribution is -0.134. The predicted octanol–water partition coefficient (Wildman–Crippen LogP) is 1.14. The van der Waals surface area contributed by atoms with Crippen LogP contribution >= 0.6 is 24.8 Å². The topological polar surface area (TPSA) is 62.6 Å². The minimum Gasteiger partial charge on any atom is -0.378 e. The summed E-state index contributed by atoms with van der Waals surface area (Å²) in [5, 5.41) is 3.28. The van der Waals surface area contributed by atoms with E-state index in [4.69, 9.17) is 4.74 Å². The van der Waals surface area contributed by atoms with Crippen molar-refractivity contribution in [3.8, 4) is 0 Å². The summed E-state index contributed by atoms with van der Waals surface area (Å²) < 4.78 is 31.9. The second kappa shape index (κ2) is 11.0. The molecular formula is C15H25Cl2F2N5O2. The van der Waals surface area contributed by atoms with Gasteiger partial charge in [-0.2, -0.15) is 8.78 Å². The molecule has 2 aliphatic rings. The van der Waals surface area contributed by atoms with Gasteiger partial charge in [0.25, 0.3) is 0 Å². The number of nitrogens with zero attached hydrogens (tertiary/aromatic N) is 4. The van der Waals surface area contributed by atoms with E-state index in [1.165, 1.54) is 12.4 Å². The van der Waals surface area contributed by atoms with Gasteiger partial charge in [0.2, 0.25) is 5.91 Å². The molecule has 1 unspecified atom stereocenters. The molecule has 2 saturated heterocycles. The Morgan fingerprint density at radius 2 is 2.04 bits per heavy atom. The van der Waals surface area contributed by atoms with E-state index >= 15 is 0 Å². The lowest BCUT2D eigenvalue weighted by atomic mass is 10.1. The number of morpholine rings is 1. The first-order valence-electron chi connectivity index (χ1n) is 8.24. The van der Waals surface area contributed by atoms with E-state index in [0.717, 1.165) is 11.1 Å². The third-order valence-electron chi connectivity index (χ3n) is 4.47. The Balaban J connectivity index is 0.00000169. The number of hydrogen-bond acceptors (Lipinski definition) is 5. The van der Waals surface area contributed by atoms with E-state index in [-0.39, 0.29) is 36.8 Å². The fourth-order valence-corrected chi connectivity index (χ4v) is 3.09. The number of rotatable bonds is 5. The van der Waals surface area contributed by atoms with Gasteiger partial charge in [0, 0.05) is 57.6 Å². The summed E-state index contributed by atoms with van der Waals surface area (Å²) in [5.74, 6) is 0.472. The summed E-state index contributed by atoms with van der Waals surface area (Å²) in [6.45, 7) is 2.39. The molecule has 1 amide bonds. The first-order chi connectivity index (χ1) is 11.6. The van der Waals surface area contributed by atoms with Gasteiger partial charge < -0.3 is 15.0 Å². The van der Waals surface area contributed by atoms with E-state index in [2.05, 4.69) is 10.3 Å². The number of imidazole rings is 1. The maximum absolute atomic E-state index is 12.8. The normalized spacial score (nSPS) is 21.2. The first kappa shape index (κ1) is 23.0. The number of carbonyl (C=O) groups is 1. The van der Waals surface area contributed by atoms with Gasteiger partial charge in [0.1, 0.15) is 5.82 Å². The van der Waals surface area contributed by atoms with Gasteiger partial charge in [-0.25, -0.2) is 4.98 Å². The number of ether oxygens (including phenoxy) is 1. The molecule has 1 aromatic heterocycles. The molecule has 3 rings (SSSR count). The Labute approximate surface area is 163 Å². The average Bonchev–Trinajstić information content (AvgIpc) is 3.05. The molecular weight excluding hydrogens is 391 g/mol. The second-order valence-corrected chi connectivity index (χ2v) is 6.12. The SMILES string of the molecule is Cl.Cl.O=C(CC1COCCN1)N1CCN(Cc2nccn2C(F)F)CC1. The maximum Gasteiger partial charge on any atom is 0.319 e. The molecule has 3 heterocycles. The molecule has 150 valence electrons. The van der Waals surface area contributed by atoms with E-state index < -0.39 is 6.55 Å². The fraction of sp³-hybridized carbons (Fsp3) is 0.733. The molecule has 0 aliphatic carbocycles. The van der Waals surface area contributed by atoms with Crippen LogP contribution < -0.4 is 5.32 Å². The third-order valence-corrected chi connectivity index (χ3v) is 4.47. The molecule has 7 nitrogen and oxygen atoms in total. The van der Waals surface area contributed by atoms with Gasteiger partial charge in [-0.3, -0.25) is 14.3 Å². The third kappa shape index (κ3) is 6.02. The Kier molecular flexibility index (Phi) is 9.73. The van der Waals surface area contributed by atoms with Crippen molar-refractivity contribution in [2.24, 2.45) is 0 Å². The molecule has 0 bridgehead atoms. The Bertz CT molecular complexity index is 550. The molecule has 1 N–H and O–H groups in total. The highest BCUT2D eigenvalue weighted by Gasteiger charge is 2.25. The number of aromatic nitrogens is 2. The number of halogens is 4. The zero-order valence-electron chi connectivity index (χ0n) is 14.4. The van der Waals surface area contributed by atoms with Crippen molar-refractivity contribution in [2.75, 3.05) is 45.9 Å². The molecule has 0 radical (unpaired) electrons. The molecule has 11 heteroatoms. The van der Waals surface area contributed by atoms with Crippen molar-refractivity contribution in [2.45, 2.75) is 25.6 Å². The van der Waals surface area contributed by atoms with Crippen molar-refractivity contribution in [1.29, 1.82) is 0 Å². The number of piperazine rings is 1. The van der Waals surface area contributed by atoms with Crippen LogP contribution in [0.3, 0.4) is 0 Å². The number of alkyl halides is 2. The summed E-state index contributed by atoms with van der Waals surface area (Å²) in [4.78, 5) is 20.2. The van der Waals surface area contributed by atoms with E-state index in [9.17, 15) is 13.6 Å². The highest BCUT2D eigenvalue weighted by atomic mass is 35.5. The van der Waals surface area contributed by atoms with Crippen LogP contribution in [0.2, 0.25) is 0 Å². The van der Waals surface area contributed by atoms with Crippen molar-refractivity contribution in [1.82, 2.24) is 24.7 Å². The summed E-state index contributed by atoms with van der Waals surface area (Å²) in [6.07, 6.45) is 3.12. The van der Waals surface area contributed by atoms with Gasteiger partial charge in [-0.15, -0.1) is 24.8 Å². The number of hydrogen-bond donors (Lipinski definition) is 1. The van der Waals surface area contributed by atoms with Crippen molar-refractivity contribution in [3.63, 3.8) is 0 Å². The highest BCUT2D eigenvalue weighted by molar-refractivity contribution is 5.85. The van der Waals surface area contributed by atoms with Gasteiger partial charge in [-0.05, 0) is 0 Å². The van der Waals surface area contributed by atoms with Gasteiger partial charge >= 0.3 is 6.55 Å². The van der Waals surface area contributed by atoms with Crippen LogP contribution in [0, 0.1) is 0 Å². The lowest BCUT2D eigenvalue weighted by Gasteiger charge is -2.35. The van der Waals surface area contributed by atoms with Crippen LogP contribution in [0.4, 0.5) is 8.78 Å². The fourth-order valence-electron chi connectivity index (χ4n) is 3.09. The van der Waals surface area contributed by atoms with Gasteiger partial charge in [0.05, 0.1) is 19.8 Å². The Morgan fingerprint density at radius 1 is 1.31 bits per heavy atom. The minimum absolute atomic E-state index is 0. The number of carbonyl (C=O) groups excluding carboxylic acids is 1. The number of nitrogens with one attached hydrogen (secondary N) is 1.